The minimum absolute atomic E-state index is 0.0114. The first kappa shape index (κ1) is 22.1. The summed E-state index contributed by atoms with van der Waals surface area (Å²) in [4.78, 5) is 22.7. The molecular weight excluding hydrogens is 406 g/mol. The largest absolute Gasteiger partial charge is 0.507 e. The van der Waals surface area contributed by atoms with Crippen molar-refractivity contribution in [1.29, 1.82) is 0 Å². The van der Waals surface area contributed by atoms with E-state index in [0.29, 0.717) is 36.7 Å². The molecule has 164 valence electrons. The van der Waals surface area contributed by atoms with Crippen LogP contribution in [-0.2, 0) is 16.0 Å². The van der Waals surface area contributed by atoms with Crippen LogP contribution in [0.3, 0.4) is 0 Å². The predicted molar refractivity (Wildman–Crippen MR) is 111 cm³/mol. The molecule has 9 nitrogen and oxygen atoms in total. The number of carbonyl (C=O) groups excluding carboxylic acids is 1. The number of nitroso groups, excluding NO2 is 1. The maximum absolute atomic E-state index is 11.8. The number of hydrogen-bond donors (Lipinski definition) is 4. The van der Waals surface area contributed by atoms with Crippen LogP contribution in [0.1, 0.15) is 37.0 Å². The molecule has 3 atom stereocenters. The Hall–Kier alpha value is -3.59. The summed E-state index contributed by atoms with van der Waals surface area (Å²) in [7, 11) is 0. The number of carbonyl (C=O) groups is 1. The standard InChI is InChI=1S/C22H23NO8/c1-3-11(2)22-18(5-4-14-15(25)8-13(23-29)9-19(14)31-22)30-20(10-24)12-6-16(26)21(28)17(27)7-12/h6-10,18,20,22,25-28H,2-5H2,1H3/t18-,20?,22-/m1/s1. The molecule has 1 heterocycles. The average Bonchev–Trinajstić information content (AvgIpc) is 2.94. The Labute approximate surface area is 178 Å². The van der Waals surface area contributed by atoms with Gasteiger partial charge in [-0.3, -0.25) is 0 Å². The van der Waals surface area contributed by atoms with Crippen molar-refractivity contribution in [3.63, 3.8) is 0 Å². The van der Waals surface area contributed by atoms with Gasteiger partial charge in [0.2, 0.25) is 0 Å². The van der Waals surface area contributed by atoms with E-state index in [4.69, 9.17) is 9.47 Å². The van der Waals surface area contributed by atoms with E-state index >= 15 is 0 Å². The Balaban J connectivity index is 1.95. The van der Waals surface area contributed by atoms with E-state index in [9.17, 15) is 30.1 Å². The van der Waals surface area contributed by atoms with Crippen molar-refractivity contribution in [2.24, 2.45) is 5.18 Å². The number of nitrogens with zero attached hydrogens (tertiary/aromatic N) is 1. The SMILES string of the molecule is C=C(CC)[C@H]1Oc2cc(N=O)cc(O)c2CC[C@H]1OC(C=O)c1cc(O)c(O)c(O)c1. The van der Waals surface area contributed by atoms with Gasteiger partial charge in [-0.25, -0.2) is 0 Å². The third-order valence-corrected chi connectivity index (χ3v) is 5.27. The zero-order chi connectivity index (χ0) is 22.7. The molecule has 0 bridgehead atoms. The Morgan fingerprint density at radius 3 is 2.48 bits per heavy atom. The zero-order valence-corrected chi connectivity index (χ0v) is 16.8. The van der Waals surface area contributed by atoms with Gasteiger partial charge in [0.15, 0.2) is 23.5 Å². The molecule has 1 aliphatic rings. The van der Waals surface area contributed by atoms with Crippen LogP contribution in [0.25, 0.3) is 0 Å². The summed E-state index contributed by atoms with van der Waals surface area (Å²) in [6.45, 7) is 5.90. The lowest BCUT2D eigenvalue weighted by atomic mass is 9.98. The molecule has 0 aliphatic carbocycles. The Kier molecular flexibility index (Phi) is 6.45. The molecule has 0 fully saturated rings. The van der Waals surface area contributed by atoms with Gasteiger partial charge in [-0.2, -0.15) is 0 Å². The highest BCUT2D eigenvalue weighted by Crippen LogP contribution is 2.41. The van der Waals surface area contributed by atoms with Crippen LogP contribution in [0.15, 0.2) is 41.6 Å². The van der Waals surface area contributed by atoms with Gasteiger partial charge in [-0.15, -0.1) is 4.91 Å². The number of aldehydes is 1. The first-order chi connectivity index (χ1) is 14.8. The van der Waals surface area contributed by atoms with Gasteiger partial charge in [0.1, 0.15) is 29.4 Å². The molecule has 2 aromatic carbocycles. The van der Waals surface area contributed by atoms with Gasteiger partial charge < -0.3 is 34.7 Å². The molecule has 0 saturated heterocycles. The van der Waals surface area contributed by atoms with Crippen LogP contribution in [0.5, 0.6) is 28.7 Å². The quantitative estimate of drug-likeness (QED) is 0.224. The minimum atomic E-state index is -1.18. The summed E-state index contributed by atoms with van der Waals surface area (Å²) in [6, 6.07) is 4.92. The van der Waals surface area contributed by atoms with Crippen molar-refractivity contribution in [2.45, 2.75) is 44.5 Å². The fourth-order valence-electron chi connectivity index (χ4n) is 3.53. The molecule has 0 spiro atoms. The molecule has 0 saturated carbocycles. The Morgan fingerprint density at radius 1 is 1.23 bits per heavy atom. The van der Waals surface area contributed by atoms with E-state index in [1.54, 1.807) is 0 Å². The second kappa shape index (κ2) is 9.05. The van der Waals surface area contributed by atoms with E-state index in [2.05, 4.69) is 11.8 Å². The van der Waals surface area contributed by atoms with Gasteiger partial charge >= 0.3 is 0 Å². The van der Waals surface area contributed by atoms with E-state index in [-0.39, 0.29) is 22.7 Å². The molecule has 0 amide bonds. The molecule has 9 heteroatoms. The normalized spacial score (nSPS) is 18.9. The van der Waals surface area contributed by atoms with E-state index < -0.39 is 35.6 Å². The van der Waals surface area contributed by atoms with Gasteiger partial charge in [0.25, 0.3) is 0 Å². The highest BCUT2D eigenvalue weighted by Gasteiger charge is 2.34. The van der Waals surface area contributed by atoms with Crippen molar-refractivity contribution >= 4 is 12.0 Å². The summed E-state index contributed by atoms with van der Waals surface area (Å²) in [5.74, 6) is -1.74. The van der Waals surface area contributed by atoms with Crippen molar-refractivity contribution in [2.75, 3.05) is 0 Å². The molecule has 0 aromatic heterocycles. The highest BCUT2D eigenvalue weighted by molar-refractivity contribution is 5.63. The topological polar surface area (TPSA) is 146 Å². The van der Waals surface area contributed by atoms with Crippen molar-refractivity contribution in [3.05, 3.63) is 52.5 Å². The lowest BCUT2D eigenvalue weighted by molar-refractivity contribution is -0.126. The summed E-state index contributed by atoms with van der Waals surface area (Å²) in [6.07, 6.45) is -0.839. The third-order valence-electron chi connectivity index (χ3n) is 5.27. The van der Waals surface area contributed by atoms with Gasteiger partial charge in [-0.1, -0.05) is 13.5 Å². The monoisotopic (exact) mass is 429 g/mol. The molecule has 31 heavy (non-hydrogen) atoms. The summed E-state index contributed by atoms with van der Waals surface area (Å²) in [5, 5.41) is 42.2. The lowest BCUT2D eigenvalue weighted by Crippen LogP contribution is -2.36. The molecule has 1 aliphatic heterocycles. The molecule has 0 radical (unpaired) electrons. The Morgan fingerprint density at radius 2 is 1.90 bits per heavy atom. The van der Waals surface area contributed by atoms with Crippen molar-refractivity contribution < 1.29 is 34.7 Å². The Bertz CT molecular complexity index is 996. The van der Waals surface area contributed by atoms with Crippen LogP contribution in [0, 0.1) is 4.91 Å². The lowest BCUT2D eigenvalue weighted by Gasteiger charge is -2.29. The fraction of sp³-hybridized carbons (Fsp3) is 0.318. The number of ether oxygens (including phenoxy) is 2. The molecular formula is C22H23NO8. The number of benzene rings is 2. The van der Waals surface area contributed by atoms with Crippen molar-refractivity contribution in [1.82, 2.24) is 0 Å². The number of rotatable bonds is 7. The smallest absolute Gasteiger partial charge is 0.200 e. The molecule has 2 aromatic rings. The van der Waals surface area contributed by atoms with Gasteiger partial charge in [0, 0.05) is 17.7 Å². The second-order valence-electron chi connectivity index (χ2n) is 7.26. The molecule has 4 N–H and O–H groups in total. The number of hydrogen-bond acceptors (Lipinski definition) is 9. The summed E-state index contributed by atoms with van der Waals surface area (Å²) in [5.41, 5.74) is 1.30. The third kappa shape index (κ3) is 4.46. The van der Waals surface area contributed by atoms with E-state index in [1.807, 2.05) is 6.92 Å². The van der Waals surface area contributed by atoms with Crippen LogP contribution < -0.4 is 4.74 Å². The highest BCUT2D eigenvalue weighted by atomic mass is 16.6. The number of aromatic hydroxyl groups is 4. The van der Waals surface area contributed by atoms with Crippen LogP contribution in [0.2, 0.25) is 0 Å². The van der Waals surface area contributed by atoms with Crippen LogP contribution in [0.4, 0.5) is 5.69 Å². The summed E-state index contributed by atoms with van der Waals surface area (Å²) >= 11 is 0. The number of fused-ring (bicyclic) bond motifs is 1. The molecule has 3 rings (SSSR count). The van der Waals surface area contributed by atoms with E-state index in [0.717, 1.165) is 12.1 Å². The van der Waals surface area contributed by atoms with Gasteiger partial charge in [-0.05, 0) is 47.7 Å². The number of phenols is 4. The molecule has 1 unspecified atom stereocenters. The van der Waals surface area contributed by atoms with Gasteiger partial charge in [0.05, 0.1) is 6.10 Å². The van der Waals surface area contributed by atoms with E-state index in [1.165, 1.54) is 12.1 Å². The summed E-state index contributed by atoms with van der Waals surface area (Å²) < 4.78 is 12.1. The van der Waals surface area contributed by atoms with Crippen LogP contribution >= 0.6 is 0 Å². The fourth-order valence-corrected chi connectivity index (χ4v) is 3.53. The maximum Gasteiger partial charge on any atom is 0.200 e. The minimum Gasteiger partial charge on any atom is -0.507 e. The second-order valence-corrected chi connectivity index (χ2v) is 7.26. The predicted octanol–water partition coefficient (Wildman–Crippen LogP) is 3.89. The maximum atomic E-state index is 11.8. The number of phenolic OH excluding ortho intramolecular Hbond substituents is 4. The average molecular weight is 429 g/mol. The van der Waals surface area contributed by atoms with Crippen molar-refractivity contribution in [3.8, 4) is 28.7 Å². The first-order valence-electron chi connectivity index (χ1n) is 9.68. The zero-order valence-electron chi connectivity index (χ0n) is 16.8. The van der Waals surface area contributed by atoms with Crippen LogP contribution in [-0.4, -0.2) is 38.9 Å². The first-order valence-corrected chi connectivity index (χ1v) is 9.68.